The third-order valence-electron chi connectivity index (χ3n) is 3.15. The molecule has 1 aromatic rings. The Hall–Kier alpha value is -0.960. The Bertz CT molecular complexity index is 312. The van der Waals surface area contributed by atoms with Crippen LogP contribution in [0.15, 0.2) is 30.3 Å². The lowest BCUT2D eigenvalue weighted by atomic mass is 9.93. The molecule has 0 aliphatic heterocycles. The zero-order valence-corrected chi connectivity index (χ0v) is 7.79. The first-order valence-corrected chi connectivity index (χ1v) is 4.74. The summed E-state index contributed by atoms with van der Waals surface area (Å²) in [6.07, 6.45) is -1.73. The van der Waals surface area contributed by atoms with Gasteiger partial charge in [-0.15, -0.1) is 0 Å². The number of halogens is 2. The van der Waals surface area contributed by atoms with E-state index >= 15 is 0 Å². The van der Waals surface area contributed by atoms with Crippen LogP contribution in [-0.2, 0) is 5.41 Å². The topological polar surface area (TPSA) is 26.0 Å². The summed E-state index contributed by atoms with van der Waals surface area (Å²) < 4.78 is 25.1. The van der Waals surface area contributed by atoms with E-state index in [1.54, 1.807) is 0 Å². The van der Waals surface area contributed by atoms with Crippen molar-refractivity contribution in [2.45, 2.75) is 18.3 Å². The predicted molar refractivity (Wildman–Crippen MR) is 51.3 cm³/mol. The van der Waals surface area contributed by atoms with Crippen LogP contribution in [-0.4, -0.2) is 13.0 Å². The van der Waals surface area contributed by atoms with Crippen molar-refractivity contribution >= 4 is 0 Å². The van der Waals surface area contributed by atoms with Gasteiger partial charge in [-0.3, -0.25) is 0 Å². The van der Waals surface area contributed by atoms with Crippen LogP contribution >= 0.6 is 0 Å². The number of rotatable bonds is 3. The van der Waals surface area contributed by atoms with Crippen LogP contribution in [0.2, 0.25) is 0 Å². The van der Waals surface area contributed by atoms with Crippen LogP contribution in [0, 0.1) is 5.92 Å². The Morgan fingerprint density at radius 1 is 1.36 bits per heavy atom. The third-order valence-corrected chi connectivity index (χ3v) is 3.15. The highest BCUT2D eigenvalue weighted by Gasteiger charge is 2.58. The van der Waals surface area contributed by atoms with Crippen molar-refractivity contribution in [3.05, 3.63) is 35.9 Å². The second-order valence-corrected chi connectivity index (χ2v) is 3.87. The van der Waals surface area contributed by atoms with Gasteiger partial charge in [-0.1, -0.05) is 30.3 Å². The molecule has 1 fully saturated rings. The van der Waals surface area contributed by atoms with Crippen molar-refractivity contribution in [3.63, 3.8) is 0 Å². The van der Waals surface area contributed by atoms with E-state index in [9.17, 15) is 8.78 Å². The summed E-state index contributed by atoms with van der Waals surface area (Å²) >= 11 is 0. The summed E-state index contributed by atoms with van der Waals surface area (Å²) in [6, 6.07) is 9.39. The maximum atomic E-state index is 12.5. The molecular weight excluding hydrogens is 184 g/mol. The highest BCUT2D eigenvalue weighted by molar-refractivity contribution is 5.34. The maximum Gasteiger partial charge on any atom is 0.242 e. The number of hydrogen-bond acceptors (Lipinski definition) is 1. The van der Waals surface area contributed by atoms with Crippen molar-refractivity contribution in [1.82, 2.24) is 0 Å². The molecule has 2 atom stereocenters. The average Bonchev–Trinajstić information content (AvgIpc) is 2.95. The van der Waals surface area contributed by atoms with Crippen LogP contribution in [0.3, 0.4) is 0 Å². The van der Waals surface area contributed by atoms with Crippen LogP contribution in [0.4, 0.5) is 8.78 Å². The minimum Gasteiger partial charge on any atom is -0.330 e. The van der Waals surface area contributed by atoms with Gasteiger partial charge in [-0.2, -0.15) is 0 Å². The van der Waals surface area contributed by atoms with Gasteiger partial charge in [0, 0.05) is 17.9 Å². The lowest BCUT2D eigenvalue weighted by Gasteiger charge is -2.15. The fourth-order valence-electron chi connectivity index (χ4n) is 2.12. The van der Waals surface area contributed by atoms with Crippen LogP contribution in [0.25, 0.3) is 0 Å². The van der Waals surface area contributed by atoms with E-state index in [1.807, 2.05) is 30.3 Å². The van der Waals surface area contributed by atoms with Gasteiger partial charge >= 0.3 is 0 Å². The molecule has 1 saturated carbocycles. The van der Waals surface area contributed by atoms with E-state index in [4.69, 9.17) is 5.73 Å². The van der Waals surface area contributed by atoms with Gasteiger partial charge in [0.1, 0.15) is 0 Å². The van der Waals surface area contributed by atoms with Gasteiger partial charge in [0.25, 0.3) is 0 Å². The van der Waals surface area contributed by atoms with Gasteiger partial charge in [-0.25, -0.2) is 8.78 Å². The van der Waals surface area contributed by atoms with E-state index in [-0.39, 0.29) is 0 Å². The van der Waals surface area contributed by atoms with E-state index in [0.717, 1.165) is 5.56 Å². The van der Waals surface area contributed by atoms with Gasteiger partial charge in [0.15, 0.2) is 0 Å². The molecule has 2 N–H and O–H groups in total. The van der Waals surface area contributed by atoms with Crippen molar-refractivity contribution in [2.75, 3.05) is 6.54 Å². The molecule has 76 valence electrons. The maximum absolute atomic E-state index is 12.5. The van der Waals surface area contributed by atoms with E-state index in [2.05, 4.69) is 0 Å². The Kier molecular flexibility index (Phi) is 2.27. The van der Waals surface area contributed by atoms with Crippen LogP contribution < -0.4 is 5.73 Å². The lowest BCUT2D eigenvalue weighted by molar-refractivity contribution is 0.113. The molecule has 0 radical (unpaired) electrons. The second kappa shape index (κ2) is 3.31. The first-order valence-electron chi connectivity index (χ1n) is 4.74. The summed E-state index contributed by atoms with van der Waals surface area (Å²) in [5.41, 5.74) is 6.10. The monoisotopic (exact) mass is 197 g/mol. The number of nitrogens with two attached hydrogens (primary N) is 1. The Morgan fingerprint density at radius 3 is 2.43 bits per heavy atom. The molecule has 3 heteroatoms. The summed E-state index contributed by atoms with van der Waals surface area (Å²) in [6.45, 7) is 0.312. The summed E-state index contributed by atoms with van der Waals surface area (Å²) in [5.74, 6) is -0.546. The average molecular weight is 197 g/mol. The van der Waals surface area contributed by atoms with Crippen molar-refractivity contribution in [2.24, 2.45) is 11.7 Å². The molecule has 0 heterocycles. The van der Waals surface area contributed by atoms with E-state index in [0.29, 0.717) is 13.0 Å². The van der Waals surface area contributed by atoms with E-state index in [1.165, 1.54) is 0 Å². The number of benzene rings is 1. The standard InChI is InChI=1S/C11H13F2N/c12-10(13)9-6-11(9,7-14)8-4-2-1-3-5-8/h1-5,9-10H,6-7,14H2. The molecule has 0 saturated heterocycles. The van der Waals surface area contributed by atoms with Gasteiger partial charge in [0.05, 0.1) is 0 Å². The first-order chi connectivity index (χ1) is 6.70. The largest absolute Gasteiger partial charge is 0.330 e. The normalized spacial score (nSPS) is 30.7. The SMILES string of the molecule is NCC1(c2ccccc2)CC1C(F)F. The van der Waals surface area contributed by atoms with Crippen molar-refractivity contribution in [3.8, 4) is 0 Å². The van der Waals surface area contributed by atoms with Crippen LogP contribution in [0.5, 0.6) is 0 Å². The Balaban J connectivity index is 2.25. The Morgan fingerprint density at radius 2 is 2.00 bits per heavy atom. The zero-order valence-electron chi connectivity index (χ0n) is 7.79. The Labute approximate surface area is 81.9 Å². The lowest BCUT2D eigenvalue weighted by Crippen LogP contribution is -2.24. The summed E-state index contributed by atoms with van der Waals surface area (Å²) in [7, 11) is 0. The minimum atomic E-state index is -2.25. The molecule has 0 amide bonds. The fourth-order valence-corrected chi connectivity index (χ4v) is 2.12. The second-order valence-electron chi connectivity index (χ2n) is 3.87. The zero-order chi connectivity index (χ0) is 10.2. The predicted octanol–water partition coefficient (Wildman–Crippen LogP) is 2.17. The van der Waals surface area contributed by atoms with Gasteiger partial charge in [0.2, 0.25) is 6.43 Å². The van der Waals surface area contributed by atoms with Gasteiger partial charge in [-0.05, 0) is 12.0 Å². The van der Waals surface area contributed by atoms with Crippen molar-refractivity contribution in [1.29, 1.82) is 0 Å². The quantitative estimate of drug-likeness (QED) is 0.789. The molecule has 1 nitrogen and oxygen atoms in total. The van der Waals surface area contributed by atoms with Gasteiger partial charge < -0.3 is 5.73 Å². The molecule has 0 aromatic heterocycles. The summed E-state index contributed by atoms with van der Waals surface area (Å²) in [5, 5.41) is 0. The number of hydrogen-bond donors (Lipinski definition) is 1. The van der Waals surface area contributed by atoms with E-state index < -0.39 is 17.8 Å². The number of alkyl halides is 2. The molecule has 0 spiro atoms. The third kappa shape index (κ3) is 1.32. The molecule has 2 unspecified atom stereocenters. The van der Waals surface area contributed by atoms with Crippen LogP contribution in [0.1, 0.15) is 12.0 Å². The molecule has 1 aliphatic rings. The summed E-state index contributed by atoms with van der Waals surface area (Å²) in [4.78, 5) is 0. The molecule has 1 aromatic carbocycles. The highest BCUT2D eigenvalue weighted by atomic mass is 19.3. The molecule has 2 rings (SSSR count). The molecule has 0 bridgehead atoms. The highest BCUT2D eigenvalue weighted by Crippen LogP contribution is 2.56. The first kappa shape index (κ1) is 9.59. The fraction of sp³-hybridized carbons (Fsp3) is 0.455. The molecule has 14 heavy (non-hydrogen) atoms. The molecule has 1 aliphatic carbocycles. The van der Waals surface area contributed by atoms with Crippen molar-refractivity contribution < 1.29 is 8.78 Å². The molecular formula is C11H13F2N. The minimum absolute atomic E-state index is 0.312. The smallest absolute Gasteiger partial charge is 0.242 e.